The second kappa shape index (κ2) is 12.9. The highest BCUT2D eigenvalue weighted by Gasteiger charge is 2.30. The van der Waals surface area contributed by atoms with Crippen LogP contribution in [0.4, 0.5) is 11.6 Å². The highest BCUT2D eigenvalue weighted by molar-refractivity contribution is 6.62. The molecular formula is C35H42BClN4O4. The lowest BCUT2D eigenvalue weighted by Gasteiger charge is -2.37. The smallest absolute Gasteiger partial charge is 0.440 e. The van der Waals surface area contributed by atoms with Gasteiger partial charge in [-0.1, -0.05) is 57.5 Å². The fourth-order valence-electron chi connectivity index (χ4n) is 6.15. The molecule has 4 heterocycles. The Labute approximate surface area is 270 Å². The molecule has 0 amide bonds. The molecule has 45 heavy (non-hydrogen) atoms. The van der Waals surface area contributed by atoms with Gasteiger partial charge in [0, 0.05) is 35.2 Å². The summed E-state index contributed by atoms with van der Waals surface area (Å²) in [5, 5.41) is 18.7. The maximum Gasteiger partial charge on any atom is 0.583 e. The first-order chi connectivity index (χ1) is 21.4. The molecule has 1 atom stereocenters. The van der Waals surface area contributed by atoms with E-state index in [4.69, 9.17) is 25.8 Å². The van der Waals surface area contributed by atoms with E-state index in [0.29, 0.717) is 38.7 Å². The van der Waals surface area contributed by atoms with Gasteiger partial charge in [0.05, 0.1) is 34.6 Å². The average Bonchev–Trinajstić information content (AvgIpc) is 3.01. The maximum absolute atomic E-state index is 13.7. The Balaban J connectivity index is 0.00000196. The average molecular weight is 629 g/mol. The molecule has 4 aromatic rings. The van der Waals surface area contributed by atoms with Gasteiger partial charge in [0.1, 0.15) is 10.7 Å². The normalized spacial score (nSPS) is 16.0. The first-order valence-electron chi connectivity index (χ1n) is 15.7. The third-order valence-electron chi connectivity index (χ3n) is 8.88. The molecule has 0 aliphatic carbocycles. The van der Waals surface area contributed by atoms with E-state index in [1.54, 1.807) is 12.3 Å². The number of oxime groups is 1. The Bertz CT molecular complexity index is 1830. The monoisotopic (exact) mass is 628 g/mol. The molecule has 0 radical (unpaired) electrons. The van der Waals surface area contributed by atoms with Gasteiger partial charge in [-0.05, 0) is 75.3 Å². The van der Waals surface area contributed by atoms with Crippen LogP contribution in [0, 0.1) is 26.2 Å². The molecular weight excluding hydrogens is 587 g/mol. The summed E-state index contributed by atoms with van der Waals surface area (Å²) in [4.78, 5) is 20.6. The van der Waals surface area contributed by atoms with Gasteiger partial charge < -0.3 is 24.4 Å². The number of benzene rings is 2. The Morgan fingerprint density at radius 3 is 2.49 bits per heavy atom. The SMILES string of the molecule is CC.Cc1cc(C(C)Nc2ccc(Cl)nc2-c2ccc3c(c2C)C=NOB3O)c2oc(N3CCC(C)(C)CC3)c(C)c(=O)c2c1. The van der Waals surface area contributed by atoms with Crippen LogP contribution in [0.5, 0.6) is 0 Å². The number of aryl methyl sites for hydroxylation is 1. The fraction of sp³-hybridized carbons (Fsp3) is 0.400. The largest absolute Gasteiger partial charge is 0.583 e. The van der Waals surface area contributed by atoms with Crippen molar-refractivity contribution in [3.05, 3.63) is 79.6 Å². The van der Waals surface area contributed by atoms with E-state index in [9.17, 15) is 9.82 Å². The van der Waals surface area contributed by atoms with Crippen molar-refractivity contribution in [2.24, 2.45) is 10.6 Å². The summed E-state index contributed by atoms with van der Waals surface area (Å²) < 4.78 is 11.7. The van der Waals surface area contributed by atoms with Crippen LogP contribution >= 0.6 is 11.6 Å². The van der Waals surface area contributed by atoms with E-state index in [1.807, 2.05) is 58.9 Å². The van der Waals surface area contributed by atoms with Gasteiger partial charge in [0.2, 0.25) is 5.88 Å². The number of anilines is 2. The van der Waals surface area contributed by atoms with Crippen LogP contribution in [0.3, 0.4) is 0 Å². The molecule has 1 saturated heterocycles. The number of fused-ring (bicyclic) bond motifs is 2. The van der Waals surface area contributed by atoms with Crippen molar-refractivity contribution in [3.63, 3.8) is 0 Å². The van der Waals surface area contributed by atoms with Crippen molar-refractivity contribution < 1.29 is 14.2 Å². The van der Waals surface area contributed by atoms with Crippen LogP contribution in [0.2, 0.25) is 5.15 Å². The zero-order chi connectivity index (χ0) is 32.6. The summed E-state index contributed by atoms with van der Waals surface area (Å²) in [5.41, 5.74) is 8.01. The molecule has 6 rings (SSSR count). The lowest BCUT2D eigenvalue weighted by Crippen LogP contribution is -2.38. The molecule has 0 bridgehead atoms. The Hall–Kier alpha value is -3.82. The fourth-order valence-corrected chi connectivity index (χ4v) is 6.30. The van der Waals surface area contributed by atoms with Crippen LogP contribution < -0.4 is 21.1 Å². The van der Waals surface area contributed by atoms with Crippen molar-refractivity contribution in [3.8, 4) is 11.3 Å². The topological polar surface area (TPSA) is 100 Å². The third-order valence-corrected chi connectivity index (χ3v) is 9.09. The number of hydrogen-bond donors (Lipinski definition) is 2. The number of hydrogen-bond acceptors (Lipinski definition) is 8. The van der Waals surface area contributed by atoms with E-state index in [0.717, 1.165) is 59.4 Å². The quantitative estimate of drug-likeness (QED) is 0.177. The van der Waals surface area contributed by atoms with Crippen molar-refractivity contribution in [1.29, 1.82) is 0 Å². The van der Waals surface area contributed by atoms with Crippen LogP contribution in [0.1, 0.15) is 81.3 Å². The highest BCUT2D eigenvalue weighted by atomic mass is 35.5. The summed E-state index contributed by atoms with van der Waals surface area (Å²) in [7, 11) is -1.12. The predicted molar refractivity (Wildman–Crippen MR) is 186 cm³/mol. The molecule has 2 aromatic carbocycles. The zero-order valence-corrected chi connectivity index (χ0v) is 28.2. The van der Waals surface area contributed by atoms with Gasteiger partial charge in [-0.25, -0.2) is 4.98 Å². The van der Waals surface area contributed by atoms with Crippen molar-refractivity contribution in [2.75, 3.05) is 23.3 Å². The molecule has 0 saturated carbocycles. The number of nitrogens with zero attached hydrogens (tertiary/aromatic N) is 3. The van der Waals surface area contributed by atoms with Crippen molar-refractivity contribution in [2.45, 2.75) is 74.3 Å². The first kappa shape index (κ1) is 32.6. The molecule has 2 aliphatic rings. The van der Waals surface area contributed by atoms with E-state index in [-0.39, 0.29) is 16.9 Å². The highest BCUT2D eigenvalue weighted by Crippen LogP contribution is 2.37. The third kappa shape index (κ3) is 6.33. The van der Waals surface area contributed by atoms with Gasteiger partial charge in [0.15, 0.2) is 5.43 Å². The summed E-state index contributed by atoms with van der Waals surface area (Å²) in [6, 6.07) is 11.1. The minimum atomic E-state index is -1.12. The predicted octanol–water partition coefficient (Wildman–Crippen LogP) is 7.31. The molecule has 2 aliphatic heterocycles. The van der Waals surface area contributed by atoms with E-state index in [2.05, 4.69) is 42.2 Å². The number of rotatable bonds is 5. The zero-order valence-electron chi connectivity index (χ0n) is 27.4. The molecule has 0 spiro atoms. The molecule has 8 nitrogen and oxygen atoms in total. The molecule has 236 valence electrons. The number of pyridine rings is 1. The molecule has 1 fully saturated rings. The summed E-state index contributed by atoms with van der Waals surface area (Å²) in [6.07, 6.45) is 3.68. The number of halogens is 1. The number of aromatic nitrogens is 1. The minimum absolute atomic E-state index is 0.00426. The lowest BCUT2D eigenvalue weighted by molar-refractivity contribution is 0.274. The Morgan fingerprint density at radius 2 is 1.78 bits per heavy atom. The van der Waals surface area contributed by atoms with Crippen LogP contribution in [-0.4, -0.2) is 36.4 Å². The maximum atomic E-state index is 13.7. The van der Waals surface area contributed by atoms with Crippen LogP contribution in [0.15, 0.2) is 50.8 Å². The van der Waals surface area contributed by atoms with Crippen molar-refractivity contribution >= 4 is 52.9 Å². The van der Waals surface area contributed by atoms with Gasteiger partial charge in [-0.3, -0.25) is 4.79 Å². The number of piperidine rings is 1. The summed E-state index contributed by atoms with van der Waals surface area (Å²) >= 11 is 6.40. The van der Waals surface area contributed by atoms with Gasteiger partial charge in [0.25, 0.3) is 0 Å². The molecule has 2 aromatic heterocycles. The summed E-state index contributed by atoms with van der Waals surface area (Å²) in [5.74, 6) is 0.664. The van der Waals surface area contributed by atoms with Crippen LogP contribution in [0.25, 0.3) is 22.2 Å². The molecule has 2 N–H and O–H groups in total. The summed E-state index contributed by atoms with van der Waals surface area (Å²) in [6.45, 7) is 18.2. The lowest BCUT2D eigenvalue weighted by atomic mass is 9.74. The van der Waals surface area contributed by atoms with E-state index >= 15 is 0 Å². The molecule has 1 unspecified atom stereocenters. The Kier molecular flexibility index (Phi) is 9.33. The standard InChI is InChI=1S/C33H36BClN4O4.C2H6/c1-18-15-23(31-24(16-18)30(40)20(3)32(42-31)39-13-11-33(5,6)12-14-39)21(4)37-27-9-10-28(35)38-29(27)22-7-8-26-25(19(22)2)17-36-43-34(26)41;1-2/h7-10,15-17,21,37,41H,11-14H2,1-6H3;1-2H3. The second-order valence-electron chi connectivity index (χ2n) is 12.6. The van der Waals surface area contributed by atoms with Gasteiger partial charge in [-0.2, -0.15) is 0 Å². The Morgan fingerprint density at radius 1 is 1.07 bits per heavy atom. The second-order valence-corrected chi connectivity index (χ2v) is 13.0. The first-order valence-corrected chi connectivity index (χ1v) is 16.1. The van der Waals surface area contributed by atoms with E-state index in [1.165, 1.54) is 0 Å². The minimum Gasteiger partial charge on any atom is -0.440 e. The van der Waals surface area contributed by atoms with Crippen molar-refractivity contribution in [1.82, 2.24) is 4.98 Å². The van der Waals surface area contributed by atoms with E-state index < -0.39 is 7.12 Å². The van der Waals surface area contributed by atoms with Crippen LogP contribution in [-0.2, 0) is 4.76 Å². The molecule has 10 heteroatoms. The van der Waals surface area contributed by atoms with Gasteiger partial charge >= 0.3 is 7.12 Å². The number of nitrogens with one attached hydrogen (secondary N) is 1. The van der Waals surface area contributed by atoms with Gasteiger partial charge in [-0.15, -0.1) is 5.16 Å².